The van der Waals surface area contributed by atoms with E-state index in [1.165, 1.54) is 0 Å². The van der Waals surface area contributed by atoms with E-state index in [1.54, 1.807) is 0 Å². The molecule has 4 aliphatic carbocycles. The summed E-state index contributed by atoms with van der Waals surface area (Å²) in [6.07, 6.45) is -3.23. The van der Waals surface area contributed by atoms with E-state index in [9.17, 15) is 31.2 Å². The van der Waals surface area contributed by atoms with Crippen molar-refractivity contribution in [1.29, 1.82) is 0 Å². The van der Waals surface area contributed by atoms with Gasteiger partial charge in [-0.3, -0.25) is 14.1 Å². The van der Waals surface area contributed by atoms with Crippen molar-refractivity contribution < 1.29 is 40.5 Å². The van der Waals surface area contributed by atoms with Gasteiger partial charge >= 0.3 is 12.1 Å². The number of ether oxygens (including phenoxy) is 1. The summed E-state index contributed by atoms with van der Waals surface area (Å²) >= 11 is 0. The molecule has 0 aliphatic heterocycles. The highest BCUT2D eigenvalue weighted by atomic mass is 32.2. The van der Waals surface area contributed by atoms with Crippen molar-refractivity contribution in [2.45, 2.75) is 50.8 Å². The topological polar surface area (TPSA) is 97.7 Å². The average molecular weight is 384 g/mol. The maximum Gasteiger partial charge on any atom is 0.429 e. The van der Waals surface area contributed by atoms with Crippen LogP contribution in [0, 0.1) is 23.2 Å². The summed E-state index contributed by atoms with van der Waals surface area (Å²) < 4.78 is 75.5. The molecule has 0 saturated heterocycles. The molecule has 25 heavy (non-hydrogen) atoms. The number of ketones is 1. The van der Waals surface area contributed by atoms with Gasteiger partial charge in [-0.1, -0.05) is 0 Å². The van der Waals surface area contributed by atoms with Crippen LogP contribution in [0.1, 0.15) is 39.0 Å². The fourth-order valence-corrected chi connectivity index (χ4v) is 5.75. The number of hydrogen-bond donors (Lipinski definition) is 1. The van der Waals surface area contributed by atoms with E-state index < -0.39 is 39.0 Å². The van der Waals surface area contributed by atoms with Gasteiger partial charge in [-0.05, 0) is 44.9 Å². The maximum absolute atomic E-state index is 13.3. The van der Waals surface area contributed by atoms with Crippen molar-refractivity contribution in [3.8, 4) is 0 Å². The van der Waals surface area contributed by atoms with Crippen LogP contribution in [-0.4, -0.2) is 42.3 Å². The Balaban J connectivity index is 1.86. The lowest BCUT2D eigenvalue weighted by Crippen LogP contribution is -2.58. The van der Waals surface area contributed by atoms with Crippen molar-refractivity contribution in [3.63, 3.8) is 0 Å². The first-order valence-corrected chi connectivity index (χ1v) is 9.65. The fourth-order valence-electron chi connectivity index (χ4n) is 4.83. The largest absolute Gasteiger partial charge is 0.448 e. The molecule has 0 heterocycles. The minimum atomic E-state index is -5.17. The predicted octanol–water partition coefficient (Wildman–Crippen LogP) is 2.13. The van der Waals surface area contributed by atoms with Crippen LogP contribution in [0.5, 0.6) is 0 Å². The van der Waals surface area contributed by atoms with Gasteiger partial charge < -0.3 is 4.74 Å². The van der Waals surface area contributed by atoms with Crippen molar-refractivity contribution >= 4 is 21.9 Å². The van der Waals surface area contributed by atoms with E-state index in [0.717, 1.165) is 0 Å². The Morgan fingerprint density at radius 2 is 1.76 bits per heavy atom. The second-order valence-electron chi connectivity index (χ2n) is 7.87. The van der Waals surface area contributed by atoms with E-state index in [1.807, 2.05) is 0 Å². The summed E-state index contributed by atoms with van der Waals surface area (Å²) in [5.74, 6) is -3.39. The number of alkyl halides is 3. The average Bonchev–Trinajstić information content (AvgIpc) is 2.40. The minimum Gasteiger partial charge on any atom is -0.448 e. The number of hydrogen-bond acceptors (Lipinski definition) is 5. The highest BCUT2D eigenvalue weighted by molar-refractivity contribution is 7.85. The van der Waals surface area contributed by atoms with Crippen LogP contribution >= 0.6 is 0 Å². The molecule has 142 valence electrons. The summed E-state index contributed by atoms with van der Waals surface area (Å²) in [4.78, 5) is 24.8. The molecular weight excluding hydrogens is 365 g/mol. The molecule has 4 saturated carbocycles. The van der Waals surface area contributed by atoms with Gasteiger partial charge in [0.15, 0.2) is 0 Å². The van der Waals surface area contributed by atoms with Crippen LogP contribution in [0.15, 0.2) is 0 Å². The van der Waals surface area contributed by atoms with Crippen LogP contribution in [0.3, 0.4) is 0 Å². The smallest absolute Gasteiger partial charge is 0.429 e. The zero-order valence-corrected chi connectivity index (χ0v) is 14.3. The molecule has 0 spiro atoms. The second kappa shape index (κ2) is 5.42. The molecule has 0 amide bonds. The maximum atomic E-state index is 13.3. The van der Waals surface area contributed by atoms with Crippen LogP contribution in [0.4, 0.5) is 13.2 Å². The van der Waals surface area contributed by atoms with Crippen LogP contribution in [-0.2, 0) is 24.4 Å². The zero-order chi connectivity index (χ0) is 18.8. The molecule has 3 atom stereocenters. The van der Waals surface area contributed by atoms with Crippen LogP contribution < -0.4 is 0 Å². The molecule has 4 bridgehead atoms. The van der Waals surface area contributed by atoms with Gasteiger partial charge in [-0.25, -0.2) is 0 Å². The van der Waals surface area contributed by atoms with Gasteiger partial charge in [0.2, 0.25) is 5.60 Å². The molecule has 10 heteroatoms. The molecule has 4 aliphatic rings. The Bertz CT molecular complexity index is 697. The Kier molecular flexibility index (Phi) is 4.04. The van der Waals surface area contributed by atoms with Crippen LogP contribution in [0.25, 0.3) is 0 Å². The standard InChI is InChI=1S/C15H19F3O6S/c1-13(15(16,17)18,7-25(21,22)23)24-12(20)14-4-8-2-9(5-14)11(19)10(3-8)6-14/h8-10H,2-7H2,1H3,(H,21,22,23). The third-order valence-electron chi connectivity index (χ3n) is 5.80. The molecule has 0 radical (unpaired) electrons. The Hall–Kier alpha value is -1.16. The lowest BCUT2D eigenvalue weighted by Gasteiger charge is -2.54. The summed E-state index contributed by atoms with van der Waals surface area (Å²) in [5, 5.41) is 0. The van der Waals surface area contributed by atoms with E-state index in [2.05, 4.69) is 4.74 Å². The van der Waals surface area contributed by atoms with Gasteiger partial charge in [-0.2, -0.15) is 21.6 Å². The number of Topliss-reactive ketones (excluding diaryl/α,β-unsaturated/α-hetero) is 1. The van der Waals surface area contributed by atoms with Gasteiger partial charge in [-0.15, -0.1) is 0 Å². The number of esters is 1. The molecule has 0 aromatic heterocycles. The zero-order valence-electron chi connectivity index (χ0n) is 13.5. The molecule has 6 nitrogen and oxygen atoms in total. The van der Waals surface area contributed by atoms with Crippen molar-refractivity contribution in [3.05, 3.63) is 0 Å². The molecule has 4 fully saturated rings. The van der Waals surface area contributed by atoms with Crippen LogP contribution in [0.2, 0.25) is 0 Å². The summed E-state index contributed by atoms with van der Waals surface area (Å²) in [7, 11) is -5.03. The number of carbonyl (C=O) groups is 2. The molecular formula is C15H19F3O6S. The quantitative estimate of drug-likeness (QED) is 0.589. The number of halogens is 3. The van der Waals surface area contributed by atoms with Gasteiger partial charge in [0.05, 0.1) is 5.41 Å². The molecule has 4 rings (SSSR count). The van der Waals surface area contributed by atoms with Gasteiger partial charge in [0.1, 0.15) is 11.5 Å². The summed E-state index contributed by atoms with van der Waals surface area (Å²) in [5.41, 5.74) is -4.51. The highest BCUT2D eigenvalue weighted by Gasteiger charge is 2.63. The van der Waals surface area contributed by atoms with Gasteiger partial charge in [0.25, 0.3) is 10.1 Å². The summed E-state index contributed by atoms with van der Waals surface area (Å²) in [6.45, 7) is 0.435. The lowest BCUT2D eigenvalue weighted by molar-refractivity contribution is -0.263. The number of rotatable bonds is 4. The second-order valence-corrected chi connectivity index (χ2v) is 9.32. The number of carbonyl (C=O) groups excluding carboxylic acids is 2. The lowest BCUT2D eigenvalue weighted by atomic mass is 9.49. The fraction of sp³-hybridized carbons (Fsp3) is 0.867. The highest BCUT2D eigenvalue weighted by Crippen LogP contribution is 2.59. The van der Waals surface area contributed by atoms with E-state index in [-0.39, 0.29) is 36.4 Å². The molecule has 1 N–H and O–H groups in total. The van der Waals surface area contributed by atoms with Gasteiger partial charge in [0, 0.05) is 11.8 Å². The first-order valence-electron chi connectivity index (χ1n) is 8.04. The SMILES string of the molecule is CC(CS(=O)(=O)O)(OC(=O)C12CC3CC(C1)C(=O)C(C3)C2)C(F)(F)F. The Morgan fingerprint density at radius 1 is 1.24 bits per heavy atom. The third kappa shape index (κ3) is 3.18. The first kappa shape index (κ1) is 18.6. The normalized spacial score (nSPS) is 37.0. The van der Waals surface area contributed by atoms with E-state index in [0.29, 0.717) is 26.2 Å². The van der Waals surface area contributed by atoms with Crippen molar-refractivity contribution in [1.82, 2.24) is 0 Å². The minimum absolute atomic E-state index is 0.0656. The third-order valence-corrected chi connectivity index (χ3v) is 6.72. The van der Waals surface area contributed by atoms with Crippen molar-refractivity contribution in [2.24, 2.45) is 23.2 Å². The first-order chi connectivity index (χ1) is 11.2. The van der Waals surface area contributed by atoms with E-state index >= 15 is 0 Å². The molecule has 0 aromatic rings. The molecule has 3 unspecified atom stereocenters. The van der Waals surface area contributed by atoms with E-state index in [4.69, 9.17) is 4.55 Å². The van der Waals surface area contributed by atoms with Crippen molar-refractivity contribution in [2.75, 3.05) is 5.75 Å². The molecule has 0 aromatic carbocycles. The predicted molar refractivity (Wildman–Crippen MR) is 78.0 cm³/mol. The Labute approximate surface area is 142 Å². The monoisotopic (exact) mass is 384 g/mol. The Morgan fingerprint density at radius 3 is 2.20 bits per heavy atom. The summed E-state index contributed by atoms with van der Waals surface area (Å²) in [6, 6.07) is 0.